The van der Waals surface area contributed by atoms with Gasteiger partial charge < -0.3 is 25.4 Å². The Morgan fingerprint density at radius 3 is 2.36 bits per heavy atom. The average molecular weight is 498 g/mol. The minimum Gasteiger partial charge on any atom is -0.494 e. The Kier molecular flexibility index (Phi) is 10.7. The van der Waals surface area contributed by atoms with Crippen LogP contribution in [0.5, 0.6) is 11.5 Å². The van der Waals surface area contributed by atoms with Gasteiger partial charge in [0.05, 0.1) is 31.5 Å². The molecule has 0 spiro atoms. The molecule has 6 nitrogen and oxygen atoms in total. The van der Waals surface area contributed by atoms with Crippen molar-refractivity contribution in [1.82, 2.24) is 4.90 Å². The van der Waals surface area contributed by atoms with Crippen molar-refractivity contribution in [2.24, 2.45) is 10.7 Å². The van der Waals surface area contributed by atoms with Crippen LogP contribution in [0.4, 0.5) is 5.69 Å². The Balaban J connectivity index is 0.00000392. The smallest absolute Gasteiger partial charge is 0.193 e. The Hall–Kier alpha value is -2.00. The lowest BCUT2D eigenvalue weighted by Crippen LogP contribution is -2.27. The van der Waals surface area contributed by atoms with Crippen LogP contribution in [0.2, 0.25) is 0 Å². The normalized spacial score (nSPS) is 12.2. The number of rotatable bonds is 9. The topological polar surface area (TPSA) is 72.1 Å². The molecule has 3 N–H and O–H groups in total. The van der Waals surface area contributed by atoms with E-state index < -0.39 is 0 Å². The lowest BCUT2D eigenvalue weighted by Gasteiger charge is -2.23. The van der Waals surface area contributed by atoms with Gasteiger partial charge in [0, 0.05) is 6.07 Å². The highest BCUT2D eigenvalue weighted by molar-refractivity contribution is 14.0. The van der Waals surface area contributed by atoms with E-state index in [4.69, 9.17) is 15.2 Å². The summed E-state index contributed by atoms with van der Waals surface area (Å²) in [4.78, 5) is 6.67. The summed E-state index contributed by atoms with van der Waals surface area (Å²) in [6.07, 6.45) is 0. The number of ether oxygens (including phenoxy) is 2. The van der Waals surface area contributed by atoms with Crippen LogP contribution in [-0.4, -0.2) is 44.7 Å². The van der Waals surface area contributed by atoms with Crippen molar-refractivity contribution in [3.05, 3.63) is 54.1 Å². The molecule has 0 radical (unpaired) electrons. The zero-order valence-corrected chi connectivity index (χ0v) is 19.3. The Morgan fingerprint density at radius 2 is 1.75 bits per heavy atom. The number of hydrogen-bond donors (Lipinski definition) is 2. The maximum atomic E-state index is 6.15. The van der Waals surface area contributed by atoms with E-state index in [0.717, 1.165) is 11.4 Å². The lowest BCUT2D eigenvalue weighted by atomic mass is 10.1. The summed E-state index contributed by atoms with van der Waals surface area (Å²) >= 11 is 0. The molecule has 2 aromatic carbocycles. The number of likely N-dealkylation sites (N-methyl/N-ethyl adjacent to an activating group) is 1. The molecule has 2 rings (SSSR count). The van der Waals surface area contributed by atoms with E-state index in [9.17, 15) is 0 Å². The fourth-order valence-corrected chi connectivity index (χ4v) is 2.75. The number of benzene rings is 2. The third-order valence-corrected chi connectivity index (χ3v) is 4.07. The van der Waals surface area contributed by atoms with Crippen LogP contribution in [0.3, 0.4) is 0 Å². The minimum absolute atomic E-state index is 0. The van der Waals surface area contributed by atoms with Gasteiger partial charge in [0.15, 0.2) is 5.96 Å². The number of nitrogens with zero attached hydrogens (tertiary/aromatic N) is 2. The first-order valence-electron chi connectivity index (χ1n) is 9.23. The average Bonchev–Trinajstić information content (AvgIpc) is 2.65. The zero-order valence-electron chi connectivity index (χ0n) is 17.0. The summed E-state index contributed by atoms with van der Waals surface area (Å²) in [5.41, 5.74) is 8.09. The molecule has 28 heavy (non-hydrogen) atoms. The molecule has 2 aromatic rings. The fraction of sp³-hybridized carbons (Fsp3) is 0.381. The first-order valence-corrected chi connectivity index (χ1v) is 9.23. The molecule has 1 atom stereocenters. The van der Waals surface area contributed by atoms with Crippen LogP contribution in [-0.2, 0) is 0 Å². The van der Waals surface area contributed by atoms with Crippen molar-refractivity contribution >= 4 is 35.6 Å². The van der Waals surface area contributed by atoms with Crippen LogP contribution >= 0.6 is 24.0 Å². The summed E-state index contributed by atoms with van der Waals surface area (Å²) in [6, 6.07) is 16.0. The maximum absolute atomic E-state index is 6.15. The fourth-order valence-electron chi connectivity index (χ4n) is 2.75. The van der Waals surface area contributed by atoms with Crippen molar-refractivity contribution < 1.29 is 9.47 Å². The van der Waals surface area contributed by atoms with Crippen LogP contribution in [0.25, 0.3) is 0 Å². The van der Waals surface area contributed by atoms with E-state index in [2.05, 4.69) is 27.3 Å². The van der Waals surface area contributed by atoms with E-state index in [1.807, 2.05) is 64.3 Å². The summed E-state index contributed by atoms with van der Waals surface area (Å²) in [5.74, 6) is 1.81. The first-order chi connectivity index (χ1) is 13.0. The number of guanidine groups is 1. The van der Waals surface area contributed by atoms with Gasteiger partial charge in [0.1, 0.15) is 11.5 Å². The van der Waals surface area contributed by atoms with E-state index in [-0.39, 0.29) is 30.0 Å². The van der Waals surface area contributed by atoms with E-state index >= 15 is 0 Å². The second kappa shape index (κ2) is 12.5. The molecule has 0 aliphatic rings. The third-order valence-electron chi connectivity index (χ3n) is 4.07. The molecule has 0 aromatic heterocycles. The molecule has 0 saturated heterocycles. The predicted molar refractivity (Wildman–Crippen MR) is 127 cm³/mol. The van der Waals surface area contributed by atoms with Gasteiger partial charge in [0.2, 0.25) is 0 Å². The quantitative estimate of drug-likeness (QED) is 0.309. The largest absolute Gasteiger partial charge is 0.494 e. The van der Waals surface area contributed by atoms with Crippen molar-refractivity contribution in [3.63, 3.8) is 0 Å². The van der Waals surface area contributed by atoms with E-state index in [0.29, 0.717) is 31.5 Å². The highest BCUT2D eigenvalue weighted by atomic mass is 127. The van der Waals surface area contributed by atoms with Gasteiger partial charge in [-0.05, 0) is 45.6 Å². The highest BCUT2D eigenvalue weighted by Crippen LogP contribution is 2.29. The molecule has 1 unspecified atom stereocenters. The number of nitrogens with two attached hydrogens (primary N) is 1. The lowest BCUT2D eigenvalue weighted by molar-refractivity contribution is 0.306. The number of anilines is 1. The second-order valence-corrected chi connectivity index (χ2v) is 6.27. The van der Waals surface area contributed by atoms with Crippen LogP contribution < -0.4 is 20.5 Å². The maximum Gasteiger partial charge on any atom is 0.193 e. The highest BCUT2D eigenvalue weighted by Gasteiger charge is 2.14. The van der Waals surface area contributed by atoms with Gasteiger partial charge in [-0.3, -0.25) is 4.99 Å². The third kappa shape index (κ3) is 7.20. The molecule has 154 valence electrons. The van der Waals surface area contributed by atoms with Gasteiger partial charge in [-0.1, -0.05) is 30.3 Å². The summed E-state index contributed by atoms with van der Waals surface area (Å²) in [7, 11) is 4.07. The zero-order chi connectivity index (χ0) is 19.6. The first kappa shape index (κ1) is 24.0. The number of halogens is 1. The SMILES string of the molecule is CCOc1ccc(OCC)c(NC(N)=NCC(c2ccccc2)N(C)C)c1.I. The number of hydrogen-bond acceptors (Lipinski definition) is 4. The van der Waals surface area contributed by atoms with Crippen molar-refractivity contribution in [2.75, 3.05) is 39.2 Å². The summed E-state index contributed by atoms with van der Waals surface area (Å²) in [5, 5.41) is 3.14. The molecule has 0 saturated carbocycles. The predicted octanol–water partition coefficient (Wildman–Crippen LogP) is 4.13. The molecular formula is C21H31IN4O2. The molecule has 0 amide bonds. The standard InChI is InChI=1S/C21H30N4O2.HI/c1-5-26-17-12-13-20(27-6-2)18(14-17)24-21(22)23-15-19(25(3)4)16-10-8-7-9-11-16;/h7-14,19H,5-6,15H2,1-4H3,(H3,22,23,24);1H. The van der Waals surface area contributed by atoms with Gasteiger partial charge >= 0.3 is 0 Å². The van der Waals surface area contributed by atoms with Crippen molar-refractivity contribution in [2.45, 2.75) is 19.9 Å². The molecule has 0 aliphatic heterocycles. The molecule has 0 fully saturated rings. The van der Waals surface area contributed by atoms with Gasteiger partial charge in [-0.25, -0.2) is 0 Å². The molecule has 7 heteroatoms. The Morgan fingerprint density at radius 1 is 1.07 bits per heavy atom. The molecule has 0 aliphatic carbocycles. The molecular weight excluding hydrogens is 467 g/mol. The van der Waals surface area contributed by atoms with Crippen LogP contribution in [0.15, 0.2) is 53.5 Å². The minimum atomic E-state index is 0. The number of nitrogens with one attached hydrogen (secondary N) is 1. The second-order valence-electron chi connectivity index (χ2n) is 6.27. The molecule has 0 bridgehead atoms. The van der Waals surface area contributed by atoms with Gasteiger partial charge in [0.25, 0.3) is 0 Å². The van der Waals surface area contributed by atoms with E-state index in [1.54, 1.807) is 0 Å². The van der Waals surface area contributed by atoms with E-state index in [1.165, 1.54) is 5.56 Å². The van der Waals surface area contributed by atoms with Crippen molar-refractivity contribution in [3.8, 4) is 11.5 Å². The van der Waals surface area contributed by atoms with Gasteiger partial charge in [-0.15, -0.1) is 24.0 Å². The monoisotopic (exact) mass is 498 g/mol. The summed E-state index contributed by atoms with van der Waals surface area (Å²) < 4.78 is 11.2. The Labute approximate surface area is 185 Å². The Bertz CT molecular complexity index is 738. The van der Waals surface area contributed by atoms with Crippen molar-refractivity contribution in [1.29, 1.82) is 0 Å². The van der Waals surface area contributed by atoms with Gasteiger partial charge in [-0.2, -0.15) is 0 Å². The molecule has 0 heterocycles. The van der Waals surface area contributed by atoms with Crippen LogP contribution in [0.1, 0.15) is 25.5 Å². The summed E-state index contributed by atoms with van der Waals surface area (Å²) in [6.45, 7) is 5.60. The van der Waals surface area contributed by atoms with Crippen LogP contribution in [0, 0.1) is 0 Å². The number of aliphatic imine (C=N–C) groups is 1.